The van der Waals surface area contributed by atoms with E-state index in [4.69, 9.17) is 4.52 Å². The second kappa shape index (κ2) is 5.36. The Hall–Kier alpha value is -1.83. The highest BCUT2D eigenvalue weighted by Gasteiger charge is 2.29. The Morgan fingerprint density at radius 3 is 2.30 bits per heavy atom. The molecule has 3 nitrogen and oxygen atoms in total. The molecule has 0 bridgehead atoms. The van der Waals surface area contributed by atoms with Crippen molar-refractivity contribution in [3.05, 3.63) is 70.5 Å². The third kappa shape index (κ3) is 3.26. The molecule has 0 radical (unpaired) electrons. The van der Waals surface area contributed by atoms with E-state index in [-0.39, 0.29) is 5.41 Å². The molecule has 23 heavy (non-hydrogen) atoms. The van der Waals surface area contributed by atoms with Gasteiger partial charge in [0.2, 0.25) is 0 Å². The Bertz CT molecular complexity index is 827. The van der Waals surface area contributed by atoms with Crippen molar-refractivity contribution in [3.63, 3.8) is 0 Å². The molecule has 2 aromatic carbocycles. The van der Waals surface area contributed by atoms with Crippen LogP contribution in [0.15, 0.2) is 48.3 Å². The fraction of sp³-hybridized carbons (Fsp3) is 0.263. The Morgan fingerprint density at radius 2 is 1.70 bits per heavy atom. The van der Waals surface area contributed by atoms with E-state index in [1.807, 2.05) is 43.3 Å². The first-order chi connectivity index (χ1) is 10.7. The SMILES string of the molecule is Cc1ccc(C2=CP(=O)(O)Oc3cc(C(C)(C)C)ccc32)cc1. The van der Waals surface area contributed by atoms with Gasteiger partial charge < -0.3 is 9.42 Å². The largest absolute Gasteiger partial charge is 0.421 e. The van der Waals surface area contributed by atoms with Crippen molar-refractivity contribution in [2.45, 2.75) is 33.1 Å². The van der Waals surface area contributed by atoms with Gasteiger partial charge in [0.1, 0.15) is 5.75 Å². The summed E-state index contributed by atoms with van der Waals surface area (Å²) in [5.74, 6) is 1.82. The van der Waals surface area contributed by atoms with E-state index in [2.05, 4.69) is 26.8 Å². The number of rotatable bonds is 1. The summed E-state index contributed by atoms with van der Waals surface area (Å²) in [6.07, 6.45) is 0. The molecule has 0 fully saturated rings. The van der Waals surface area contributed by atoms with Crippen LogP contribution in [0.25, 0.3) is 5.57 Å². The summed E-state index contributed by atoms with van der Waals surface area (Å²) in [5, 5.41) is 0. The van der Waals surface area contributed by atoms with E-state index in [1.165, 1.54) is 5.82 Å². The zero-order chi connectivity index (χ0) is 16.8. The van der Waals surface area contributed by atoms with Gasteiger partial charge in [-0.15, -0.1) is 0 Å². The molecular formula is C19H21O3P. The summed E-state index contributed by atoms with van der Waals surface area (Å²) >= 11 is 0. The number of hydrogen-bond donors (Lipinski definition) is 1. The van der Waals surface area contributed by atoms with Crippen LogP contribution in [0.1, 0.15) is 43.0 Å². The summed E-state index contributed by atoms with van der Waals surface area (Å²) in [6, 6.07) is 13.8. The number of hydrogen-bond acceptors (Lipinski definition) is 2. The molecule has 1 aliphatic heterocycles. The van der Waals surface area contributed by atoms with Crippen LogP contribution in [-0.2, 0) is 9.98 Å². The fourth-order valence-electron chi connectivity index (χ4n) is 2.65. The van der Waals surface area contributed by atoms with Crippen molar-refractivity contribution < 1.29 is 14.0 Å². The average molecular weight is 328 g/mol. The summed E-state index contributed by atoms with van der Waals surface area (Å²) in [6.45, 7) is 8.33. The summed E-state index contributed by atoms with van der Waals surface area (Å²) in [4.78, 5) is 10.1. The Kier molecular flexibility index (Phi) is 3.74. The number of benzene rings is 2. The van der Waals surface area contributed by atoms with Gasteiger partial charge in [0.05, 0.1) is 0 Å². The molecule has 120 valence electrons. The smallest absolute Gasteiger partial charge is 0.401 e. The van der Waals surface area contributed by atoms with Crippen molar-refractivity contribution in [2.24, 2.45) is 0 Å². The van der Waals surface area contributed by atoms with Gasteiger partial charge in [-0.05, 0) is 29.5 Å². The zero-order valence-corrected chi connectivity index (χ0v) is 14.7. The minimum Gasteiger partial charge on any atom is -0.421 e. The van der Waals surface area contributed by atoms with Crippen LogP contribution >= 0.6 is 7.60 Å². The zero-order valence-electron chi connectivity index (χ0n) is 13.8. The molecule has 1 N–H and O–H groups in total. The highest BCUT2D eigenvalue weighted by Crippen LogP contribution is 2.54. The van der Waals surface area contributed by atoms with Crippen molar-refractivity contribution in [3.8, 4) is 5.75 Å². The second-order valence-corrected chi connectivity index (χ2v) is 8.59. The van der Waals surface area contributed by atoms with Crippen molar-refractivity contribution >= 4 is 13.2 Å². The molecule has 1 atom stereocenters. The Morgan fingerprint density at radius 1 is 1.04 bits per heavy atom. The van der Waals surface area contributed by atoms with Gasteiger partial charge in [0.25, 0.3) is 0 Å². The molecule has 3 rings (SSSR count). The first kappa shape index (κ1) is 16.0. The molecule has 1 heterocycles. The molecule has 0 saturated carbocycles. The van der Waals surface area contributed by atoms with Crippen molar-refractivity contribution in [1.82, 2.24) is 0 Å². The maximum Gasteiger partial charge on any atom is 0.401 e. The van der Waals surface area contributed by atoms with Gasteiger partial charge in [-0.1, -0.05) is 62.7 Å². The van der Waals surface area contributed by atoms with E-state index < -0.39 is 7.60 Å². The van der Waals surface area contributed by atoms with E-state index >= 15 is 0 Å². The first-order valence-electron chi connectivity index (χ1n) is 7.63. The molecule has 4 heteroatoms. The lowest BCUT2D eigenvalue weighted by Crippen LogP contribution is -2.12. The van der Waals surface area contributed by atoms with Crippen molar-refractivity contribution in [1.29, 1.82) is 0 Å². The number of fused-ring (bicyclic) bond motifs is 1. The molecule has 1 aliphatic rings. The second-order valence-electron chi connectivity index (χ2n) is 7.03. The standard InChI is InChI=1S/C19H21O3P/c1-13-5-7-14(8-6-13)17-12-23(20,21)22-18-11-15(19(2,3)4)9-10-16(17)18/h5-12H,1-4H3,(H,20,21). The summed E-state index contributed by atoms with van der Waals surface area (Å²) < 4.78 is 17.6. The highest BCUT2D eigenvalue weighted by atomic mass is 31.2. The van der Waals surface area contributed by atoms with Gasteiger partial charge in [-0.2, -0.15) is 0 Å². The van der Waals surface area contributed by atoms with Crippen LogP contribution in [-0.4, -0.2) is 4.89 Å². The lowest BCUT2D eigenvalue weighted by atomic mass is 9.85. The lowest BCUT2D eigenvalue weighted by Gasteiger charge is -2.26. The summed E-state index contributed by atoms with van der Waals surface area (Å²) in [5.41, 5.74) is 4.68. The molecule has 0 aliphatic carbocycles. The Balaban J connectivity index is 2.17. The van der Waals surface area contributed by atoms with E-state index in [9.17, 15) is 9.46 Å². The fourth-order valence-corrected chi connectivity index (χ4v) is 3.75. The minimum atomic E-state index is -3.79. The van der Waals surface area contributed by atoms with Crippen LogP contribution in [0.3, 0.4) is 0 Å². The average Bonchev–Trinajstić information content (AvgIpc) is 2.44. The van der Waals surface area contributed by atoms with Gasteiger partial charge in [0, 0.05) is 17.0 Å². The third-order valence-electron chi connectivity index (χ3n) is 4.02. The van der Waals surface area contributed by atoms with Gasteiger partial charge in [-0.3, -0.25) is 0 Å². The molecule has 0 spiro atoms. The topological polar surface area (TPSA) is 46.5 Å². The van der Waals surface area contributed by atoms with Crippen LogP contribution in [0.5, 0.6) is 5.75 Å². The van der Waals surface area contributed by atoms with Crippen molar-refractivity contribution in [2.75, 3.05) is 0 Å². The third-order valence-corrected chi connectivity index (χ3v) is 5.06. The van der Waals surface area contributed by atoms with Crippen LogP contribution in [0, 0.1) is 6.92 Å². The Labute approximate surface area is 137 Å². The van der Waals surface area contributed by atoms with Gasteiger partial charge >= 0.3 is 7.60 Å². The normalized spacial score (nSPS) is 20.5. The lowest BCUT2D eigenvalue weighted by molar-refractivity contribution is 0.389. The summed E-state index contributed by atoms with van der Waals surface area (Å²) in [7, 11) is -3.79. The maximum absolute atomic E-state index is 12.3. The molecule has 1 unspecified atom stereocenters. The molecule has 2 aromatic rings. The van der Waals surface area contributed by atoms with Crippen LogP contribution in [0.2, 0.25) is 0 Å². The van der Waals surface area contributed by atoms with Gasteiger partial charge in [-0.25, -0.2) is 4.57 Å². The first-order valence-corrected chi connectivity index (χ1v) is 9.27. The molecular weight excluding hydrogens is 307 g/mol. The van der Waals surface area contributed by atoms with E-state index in [0.717, 1.165) is 27.8 Å². The molecule has 0 aromatic heterocycles. The monoisotopic (exact) mass is 328 g/mol. The molecule has 0 saturated heterocycles. The highest BCUT2D eigenvalue weighted by molar-refractivity contribution is 7.57. The van der Waals surface area contributed by atoms with E-state index in [0.29, 0.717) is 5.75 Å². The predicted octanol–water partition coefficient (Wildman–Crippen LogP) is 5.26. The predicted molar refractivity (Wildman–Crippen MR) is 93.9 cm³/mol. The van der Waals surface area contributed by atoms with E-state index in [1.54, 1.807) is 0 Å². The minimum absolute atomic E-state index is 0.0526. The maximum atomic E-state index is 12.3. The number of aryl methyl sites for hydroxylation is 1. The molecule has 0 amide bonds. The van der Waals surface area contributed by atoms with Crippen LogP contribution < -0.4 is 4.52 Å². The van der Waals surface area contributed by atoms with Crippen LogP contribution in [0.4, 0.5) is 0 Å². The quantitative estimate of drug-likeness (QED) is 0.726. The van der Waals surface area contributed by atoms with Gasteiger partial charge in [0.15, 0.2) is 0 Å².